The number of carbonyl (C=O) groups is 2. The second kappa shape index (κ2) is 9.83. The van der Waals surface area contributed by atoms with Gasteiger partial charge in [0.05, 0.1) is 4.90 Å². The molecule has 4 N–H and O–H groups in total. The molecule has 3 aromatic rings. The van der Waals surface area contributed by atoms with E-state index >= 15 is 0 Å². The first-order chi connectivity index (χ1) is 16.9. The Kier molecular flexibility index (Phi) is 6.62. The number of aromatic nitrogens is 1. The quantitative estimate of drug-likeness (QED) is 0.402. The standard InChI is InChI=1S/C26H30N4O4S/c31-25-13-10-18-15-21(11-12-23(18)29-25)35(33,34)30-24(26(32)28-19-7-2-1-3-8-19)16-20-14-17-6-4-5-9-22(17)27-20/h4-6,9,11-12,14-15,19,24,27,30H,1-3,7-8,10,13,16H2,(H,28,32)(H,29,31). The second-order valence-corrected chi connectivity index (χ2v) is 11.2. The summed E-state index contributed by atoms with van der Waals surface area (Å²) in [5, 5.41) is 6.85. The van der Waals surface area contributed by atoms with Crippen LogP contribution in [-0.4, -0.2) is 37.3 Å². The maximum Gasteiger partial charge on any atom is 0.241 e. The van der Waals surface area contributed by atoms with Gasteiger partial charge in [-0.05, 0) is 60.5 Å². The largest absolute Gasteiger partial charge is 0.358 e. The third-order valence-electron chi connectivity index (χ3n) is 6.86. The number of H-pyrrole nitrogens is 1. The van der Waals surface area contributed by atoms with Crippen LogP contribution in [-0.2, 0) is 32.5 Å². The summed E-state index contributed by atoms with van der Waals surface area (Å²) >= 11 is 0. The number of para-hydroxylation sites is 1. The molecule has 9 heteroatoms. The Labute approximate surface area is 204 Å². The van der Waals surface area contributed by atoms with E-state index in [1.54, 1.807) is 12.1 Å². The number of aryl methyl sites for hydroxylation is 1. The van der Waals surface area contributed by atoms with Gasteiger partial charge in [0.25, 0.3) is 0 Å². The van der Waals surface area contributed by atoms with E-state index in [4.69, 9.17) is 0 Å². The maximum absolute atomic E-state index is 13.4. The van der Waals surface area contributed by atoms with E-state index in [-0.39, 0.29) is 29.2 Å². The highest BCUT2D eigenvalue weighted by molar-refractivity contribution is 7.89. The van der Waals surface area contributed by atoms with E-state index < -0.39 is 16.1 Å². The molecule has 1 aliphatic carbocycles. The minimum atomic E-state index is -3.98. The van der Waals surface area contributed by atoms with Gasteiger partial charge < -0.3 is 15.6 Å². The van der Waals surface area contributed by atoms with E-state index in [2.05, 4.69) is 20.3 Å². The first kappa shape index (κ1) is 23.6. The predicted molar refractivity (Wildman–Crippen MR) is 135 cm³/mol. The third-order valence-corrected chi connectivity index (χ3v) is 8.33. The lowest BCUT2D eigenvalue weighted by Crippen LogP contribution is -2.51. The zero-order valence-electron chi connectivity index (χ0n) is 19.5. The highest BCUT2D eigenvalue weighted by Crippen LogP contribution is 2.26. The summed E-state index contributed by atoms with van der Waals surface area (Å²) in [6, 6.07) is 13.5. The summed E-state index contributed by atoms with van der Waals surface area (Å²) in [4.78, 5) is 28.3. The Hall–Kier alpha value is -3.17. The number of benzene rings is 2. The third kappa shape index (κ3) is 5.41. The number of carbonyl (C=O) groups excluding carboxylic acids is 2. The molecule has 0 spiro atoms. The van der Waals surface area contributed by atoms with Gasteiger partial charge in [-0.2, -0.15) is 4.72 Å². The minimum absolute atomic E-state index is 0.0679. The smallest absolute Gasteiger partial charge is 0.241 e. The van der Waals surface area contributed by atoms with Gasteiger partial charge in [0.1, 0.15) is 6.04 Å². The molecule has 35 heavy (non-hydrogen) atoms. The number of hydrogen-bond donors (Lipinski definition) is 4. The van der Waals surface area contributed by atoms with Crippen LogP contribution < -0.4 is 15.4 Å². The van der Waals surface area contributed by atoms with Crippen LogP contribution in [0.1, 0.15) is 49.8 Å². The Morgan fingerprint density at radius 3 is 2.63 bits per heavy atom. The Morgan fingerprint density at radius 2 is 1.83 bits per heavy atom. The van der Waals surface area contributed by atoms with Gasteiger partial charge in [0.15, 0.2) is 0 Å². The van der Waals surface area contributed by atoms with Crippen LogP contribution in [0.25, 0.3) is 10.9 Å². The first-order valence-electron chi connectivity index (χ1n) is 12.2. The average Bonchev–Trinajstić information content (AvgIpc) is 3.26. The highest BCUT2D eigenvalue weighted by Gasteiger charge is 2.29. The van der Waals surface area contributed by atoms with Gasteiger partial charge in [-0.25, -0.2) is 8.42 Å². The molecule has 0 bridgehead atoms. The van der Waals surface area contributed by atoms with Crippen LogP contribution >= 0.6 is 0 Å². The zero-order chi connectivity index (χ0) is 24.4. The lowest BCUT2D eigenvalue weighted by Gasteiger charge is -2.26. The van der Waals surface area contributed by atoms with Crippen molar-refractivity contribution in [2.45, 2.75) is 68.3 Å². The van der Waals surface area contributed by atoms with Crippen LogP contribution in [0.2, 0.25) is 0 Å². The average molecular weight is 495 g/mol. The highest BCUT2D eigenvalue weighted by atomic mass is 32.2. The molecule has 1 atom stereocenters. The molecule has 1 unspecified atom stereocenters. The van der Waals surface area contributed by atoms with E-state index in [1.165, 1.54) is 6.07 Å². The summed E-state index contributed by atoms with van der Waals surface area (Å²) in [5.41, 5.74) is 3.12. The summed E-state index contributed by atoms with van der Waals surface area (Å²) in [6.07, 6.45) is 6.11. The molecule has 1 fully saturated rings. The number of fused-ring (bicyclic) bond motifs is 2. The lowest BCUT2D eigenvalue weighted by atomic mass is 9.95. The van der Waals surface area contributed by atoms with E-state index in [0.29, 0.717) is 18.5 Å². The van der Waals surface area contributed by atoms with Crippen molar-refractivity contribution in [1.29, 1.82) is 0 Å². The number of rotatable bonds is 7. The van der Waals surface area contributed by atoms with Gasteiger partial charge >= 0.3 is 0 Å². The van der Waals surface area contributed by atoms with Crippen LogP contribution in [0.3, 0.4) is 0 Å². The summed E-state index contributed by atoms with van der Waals surface area (Å²) in [6.45, 7) is 0. The second-order valence-electron chi connectivity index (χ2n) is 9.47. The Morgan fingerprint density at radius 1 is 1.03 bits per heavy atom. The van der Waals surface area contributed by atoms with Gasteiger partial charge in [0.2, 0.25) is 21.8 Å². The Bertz CT molecular complexity index is 1330. The van der Waals surface area contributed by atoms with Gasteiger partial charge in [-0.3, -0.25) is 9.59 Å². The van der Waals surface area contributed by atoms with Gasteiger partial charge in [0, 0.05) is 35.8 Å². The minimum Gasteiger partial charge on any atom is -0.358 e. The molecule has 2 heterocycles. The molecule has 0 saturated heterocycles. The van der Waals surface area contributed by atoms with Crippen LogP contribution in [0.15, 0.2) is 53.4 Å². The van der Waals surface area contributed by atoms with Crippen LogP contribution in [0.4, 0.5) is 5.69 Å². The van der Waals surface area contributed by atoms with Gasteiger partial charge in [-0.1, -0.05) is 37.5 Å². The van der Waals surface area contributed by atoms with E-state index in [1.807, 2.05) is 30.3 Å². The number of nitrogens with one attached hydrogen (secondary N) is 4. The molecule has 5 rings (SSSR count). The van der Waals surface area contributed by atoms with Crippen molar-refractivity contribution in [3.05, 3.63) is 59.8 Å². The number of hydrogen-bond acceptors (Lipinski definition) is 4. The molecule has 1 aliphatic heterocycles. The van der Waals surface area contributed by atoms with Crippen molar-refractivity contribution >= 4 is 38.4 Å². The molecule has 184 valence electrons. The topological polar surface area (TPSA) is 120 Å². The van der Waals surface area contributed by atoms with Crippen molar-refractivity contribution in [3.63, 3.8) is 0 Å². The fraction of sp³-hybridized carbons (Fsp3) is 0.385. The number of aromatic amines is 1. The fourth-order valence-electron chi connectivity index (χ4n) is 4.98. The summed E-state index contributed by atoms with van der Waals surface area (Å²) in [5.74, 6) is -0.395. The van der Waals surface area contributed by atoms with Crippen LogP contribution in [0.5, 0.6) is 0 Å². The van der Waals surface area contributed by atoms with Crippen molar-refractivity contribution in [2.75, 3.05) is 5.32 Å². The molecule has 2 aliphatic rings. The monoisotopic (exact) mass is 494 g/mol. The van der Waals surface area contributed by atoms with Crippen molar-refractivity contribution in [1.82, 2.24) is 15.0 Å². The van der Waals surface area contributed by atoms with Gasteiger partial charge in [-0.15, -0.1) is 0 Å². The molecule has 0 radical (unpaired) electrons. The fourth-order valence-corrected chi connectivity index (χ4v) is 6.23. The summed E-state index contributed by atoms with van der Waals surface area (Å²) < 4.78 is 29.4. The molecule has 2 aromatic carbocycles. The molecule has 1 aromatic heterocycles. The number of sulfonamides is 1. The molecule has 1 saturated carbocycles. The van der Waals surface area contributed by atoms with E-state index in [9.17, 15) is 18.0 Å². The van der Waals surface area contributed by atoms with E-state index in [0.717, 1.165) is 54.3 Å². The first-order valence-corrected chi connectivity index (χ1v) is 13.7. The number of amides is 2. The van der Waals surface area contributed by atoms with Crippen molar-refractivity contribution < 1.29 is 18.0 Å². The Balaban J connectivity index is 1.40. The predicted octanol–water partition coefficient (Wildman–Crippen LogP) is 3.39. The van der Waals surface area contributed by atoms with Crippen LogP contribution in [0, 0.1) is 0 Å². The van der Waals surface area contributed by atoms with Crippen molar-refractivity contribution in [3.8, 4) is 0 Å². The lowest BCUT2D eigenvalue weighted by molar-refractivity contribution is -0.123. The summed E-state index contributed by atoms with van der Waals surface area (Å²) in [7, 11) is -3.98. The zero-order valence-corrected chi connectivity index (χ0v) is 20.3. The molecule has 8 nitrogen and oxygen atoms in total. The molecular formula is C26H30N4O4S. The SMILES string of the molecule is O=C1CCc2cc(S(=O)(=O)NC(Cc3cc4ccccc4[nH]3)C(=O)NC3CCCCC3)ccc2N1. The number of anilines is 1. The maximum atomic E-state index is 13.4. The molecule has 2 amide bonds. The molecular weight excluding hydrogens is 464 g/mol. The van der Waals surface area contributed by atoms with Crippen molar-refractivity contribution in [2.24, 2.45) is 0 Å². The normalized spacial score (nSPS) is 17.5.